The molecule has 29 heavy (non-hydrogen) atoms. The fourth-order valence-corrected chi connectivity index (χ4v) is 4.29. The van der Waals surface area contributed by atoms with Gasteiger partial charge in [-0.3, -0.25) is 4.79 Å². The minimum absolute atomic E-state index is 0.0485. The van der Waals surface area contributed by atoms with E-state index < -0.39 is 17.6 Å². The Balaban J connectivity index is 1.68. The van der Waals surface area contributed by atoms with E-state index in [-0.39, 0.29) is 18.7 Å². The third-order valence-corrected chi connectivity index (χ3v) is 5.97. The van der Waals surface area contributed by atoms with Gasteiger partial charge in [-0.1, -0.05) is 0 Å². The molecule has 1 aliphatic rings. The molecule has 0 spiro atoms. The quantitative estimate of drug-likeness (QED) is 0.626. The summed E-state index contributed by atoms with van der Waals surface area (Å²) in [5.74, 6) is -1.51. The number of hydrogen-bond acceptors (Lipinski definition) is 6. The fraction of sp³-hybridized carbons (Fsp3) is 0.409. The SMILES string of the molecule is Cc1coc2c(C)c3oc(=O)c(CCC(=O)N4CCC[C@@H]4C(=O)[O-])c(C)c3cc12. The van der Waals surface area contributed by atoms with Crippen molar-refractivity contribution in [3.05, 3.63) is 45.0 Å². The van der Waals surface area contributed by atoms with Crippen LogP contribution in [-0.2, 0) is 16.0 Å². The van der Waals surface area contributed by atoms with Gasteiger partial charge in [0.25, 0.3) is 0 Å². The number of rotatable bonds is 4. The van der Waals surface area contributed by atoms with Gasteiger partial charge in [0.15, 0.2) is 0 Å². The predicted molar refractivity (Wildman–Crippen MR) is 105 cm³/mol. The number of carboxylic acid groups (broad SMARTS) is 1. The number of aryl methyl sites for hydroxylation is 3. The zero-order valence-electron chi connectivity index (χ0n) is 16.7. The van der Waals surface area contributed by atoms with Gasteiger partial charge >= 0.3 is 5.63 Å². The van der Waals surface area contributed by atoms with Gasteiger partial charge in [0.05, 0.1) is 18.3 Å². The molecule has 3 aromatic rings. The number of carbonyl (C=O) groups excluding carboxylic acids is 2. The van der Waals surface area contributed by atoms with Crippen molar-refractivity contribution in [1.82, 2.24) is 4.90 Å². The molecular formula is C22H22NO6-. The Hall–Kier alpha value is -3.09. The van der Waals surface area contributed by atoms with Crippen LogP contribution in [0.25, 0.3) is 21.9 Å². The maximum Gasteiger partial charge on any atom is 0.339 e. The van der Waals surface area contributed by atoms with Crippen molar-refractivity contribution in [2.75, 3.05) is 6.54 Å². The second-order valence-electron chi connectivity index (χ2n) is 7.73. The first kappa shape index (κ1) is 19.2. The summed E-state index contributed by atoms with van der Waals surface area (Å²) in [6.07, 6.45) is 2.96. The van der Waals surface area contributed by atoms with E-state index in [1.807, 2.05) is 26.8 Å². The number of fused-ring (bicyclic) bond motifs is 2. The molecule has 7 heteroatoms. The molecule has 4 rings (SSSR count). The number of nitrogens with zero attached hydrogens (tertiary/aromatic N) is 1. The van der Waals surface area contributed by atoms with Crippen molar-refractivity contribution >= 4 is 33.8 Å². The largest absolute Gasteiger partial charge is 0.548 e. The molecule has 2 aromatic heterocycles. The Labute approximate surface area is 166 Å². The molecule has 1 atom stereocenters. The van der Waals surface area contributed by atoms with Gasteiger partial charge < -0.3 is 23.6 Å². The second-order valence-corrected chi connectivity index (χ2v) is 7.73. The topological polar surface area (TPSA) is 104 Å². The van der Waals surface area contributed by atoms with Crippen LogP contribution in [0.1, 0.15) is 41.5 Å². The van der Waals surface area contributed by atoms with Crippen LogP contribution in [0.4, 0.5) is 0 Å². The van der Waals surface area contributed by atoms with E-state index in [2.05, 4.69) is 0 Å². The van der Waals surface area contributed by atoms with E-state index in [1.54, 1.807) is 6.26 Å². The molecule has 0 aliphatic carbocycles. The molecule has 152 valence electrons. The lowest BCUT2D eigenvalue weighted by Crippen LogP contribution is -2.47. The van der Waals surface area contributed by atoms with Crippen LogP contribution in [0, 0.1) is 20.8 Å². The summed E-state index contributed by atoms with van der Waals surface area (Å²) in [5, 5.41) is 13.0. The Morgan fingerprint density at radius 1 is 1.17 bits per heavy atom. The third-order valence-electron chi connectivity index (χ3n) is 5.97. The summed E-state index contributed by atoms with van der Waals surface area (Å²) in [6, 6.07) is 1.07. The normalized spacial score (nSPS) is 16.8. The Morgan fingerprint density at radius 2 is 1.93 bits per heavy atom. The monoisotopic (exact) mass is 396 g/mol. The molecule has 1 fully saturated rings. The molecule has 1 amide bonds. The van der Waals surface area contributed by atoms with E-state index in [1.165, 1.54) is 4.90 Å². The number of likely N-dealkylation sites (tertiary alicyclic amines) is 1. The molecular weight excluding hydrogens is 374 g/mol. The lowest BCUT2D eigenvalue weighted by Gasteiger charge is -2.25. The molecule has 1 aromatic carbocycles. The average molecular weight is 396 g/mol. The highest BCUT2D eigenvalue weighted by Gasteiger charge is 2.29. The zero-order chi connectivity index (χ0) is 20.9. The Bertz CT molecular complexity index is 1200. The maximum atomic E-state index is 12.6. The van der Waals surface area contributed by atoms with E-state index in [4.69, 9.17) is 8.83 Å². The molecule has 0 N–H and O–H groups in total. The average Bonchev–Trinajstić information content (AvgIpc) is 3.30. The van der Waals surface area contributed by atoms with Crippen LogP contribution in [0.2, 0.25) is 0 Å². The zero-order valence-corrected chi connectivity index (χ0v) is 16.7. The summed E-state index contributed by atoms with van der Waals surface area (Å²) in [4.78, 5) is 37.7. The molecule has 0 bridgehead atoms. The first-order valence-electron chi connectivity index (χ1n) is 9.73. The lowest BCUT2D eigenvalue weighted by molar-refractivity contribution is -0.310. The fourth-order valence-electron chi connectivity index (χ4n) is 4.29. The van der Waals surface area contributed by atoms with Crippen molar-refractivity contribution in [3.8, 4) is 0 Å². The standard InChI is InChI=1S/C22H23NO6/c1-11-10-28-19-13(3)20-16(9-15(11)19)12(2)14(22(27)29-20)6-7-18(24)23-8-4-5-17(23)21(25)26/h9-10,17H,4-8H2,1-3H3,(H,25,26)/p-1/t17-/m1/s1. The lowest BCUT2D eigenvalue weighted by atomic mass is 9.98. The minimum Gasteiger partial charge on any atom is -0.548 e. The number of hydrogen-bond donors (Lipinski definition) is 0. The van der Waals surface area contributed by atoms with Crippen LogP contribution < -0.4 is 10.7 Å². The number of amides is 1. The van der Waals surface area contributed by atoms with Crippen molar-refractivity contribution in [2.24, 2.45) is 0 Å². The van der Waals surface area contributed by atoms with Crippen molar-refractivity contribution in [3.63, 3.8) is 0 Å². The van der Waals surface area contributed by atoms with Gasteiger partial charge in [0, 0.05) is 34.9 Å². The second kappa shape index (κ2) is 7.06. The van der Waals surface area contributed by atoms with Gasteiger partial charge in [0.1, 0.15) is 11.2 Å². The highest BCUT2D eigenvalue weighted by Crippen LogP contribution is 2.32. The highest BCUT2D eigenvalue weighted by atomic mass is 16.4. The van der Waals surface area contributed by atoms with E-state index in [0.29, 0.717) is 36.1 Å². The summed E-state index contributed by atoms with van der Waals surface area (Å²) in [7, 11) is 0. The molecule has 7 nitrogen and oxygen atoms in total. The third kappa shape index (κ3) is 3.10. The van der Waals surface area contributed by atoms with E-state index in [0.717, 1.165) is 27.5 Å². The van der Waals surface area contributed by atoms with Crippen molar-refractivity contribution < 1.29 is 23.5 Å². The number of benzene rings is 1. The van der Waals surface area contributed by atoms with Crippen molar-refractivity contribution in [1.29, 1.82) is 0 Å². The van der Waals surface area contributed by atoms with Crippen LogP contribution in [0.5, 0.6) is 0 Å². The number of aliphatic carboxylic acids is 1. The first-order valence-corrected chi connectivity index (χ1v) is 9.73. The van der Waals surface area contributed by atoms with Gasteiger partial charge in [-0.15, -0.1) is 0 Å². The molecule has 0 radical (unpaired) electrons. The Morgan fingerprint density at radius 3 is 2.66 bits per heavy atom. The minimum atomic E-state index is -1.23. The maximum absolute atomic E-state index is 12.6. The number of furan rings is 1. The first-order chi connectivity index (χ1) is 13.8. The number of carbonyl (C=O) groups is 2. The van der Waals surface area contributed by atoms with Crippen LogP contribution in [0.15, 0.2) is 26.0 Å². The van der Waals surface area contributed by atoms with Gasteiger partial charge in [-0.05, 0) is 57.2 Å². The van der Waals surface area contributed by atoms with E-state index in [9.17, 15) is 19.5 Å². The van der Waals surface area contributed by atoms with Crippen molar-refractivity contribution in [2.45, 2.75) is 52.5 Å². The Kier molecular flexibility index (Phi) is 4.68. The van der Waals surface area contributed by atoms with E-state index >= 15 is 0 Å². The smallest absolute Gasteiger partial charge is 0.339 e. The summed E-state index contributed by atoms with van der Waals surface area (Å²) < 4.78 is 11.2. The predicted octanol–water partition coefficient (Wildman–Crippen LogP) is 2.14. The summed E-state index contributed by atoms with van der Waals surface area (Å²) in [6.45, 7) is 6.06. The van der Waals surface area contributed by atoms with Crippen LogP contribution in [-0.4, -0.2) is 29.4 Å². The summed E-state index contributed by atoms with van der Waals surface area (Å²) >= 11 is 0. The molecule has 0 unspecified atom stereocenters. The molecule has 3 heterocycles. The molecule has 1 aliphatic heterocycles. The van der Waals surface area contributed by atoms with Gasteiger partial charge in [0.2, 0.25) is 5.91 Å². The highest BCUT2D eigenvalue weighted by molar-refractivity contribution is 5.99. The van der Waals surface area contributed by atoms with Gasteiger partial charge in [-0.2, -0.15) is 0 Å². The number of carboxylic acids is 1. The van der Waals surface area contributed by atoms with Gasteiger partial charge in [-0.25, -0.2) is 4.79 Å². The summed E-state index contributed by atoms with van der Waals surface area (Å²) in [5.41, 5.74) is 3.68. The van der Waals surface area contributed by atoms with Crippen LogP contribution >= 0.6 is 0 Å². The van der Waals surface area contributed by atoms with Crippen LogP contribution in [0.3, 0.4) is 0 Å². The molecule has 1 saturated heterocycles. The molecule has 0 saturated carbocycles.